The van der Waals surface area contributed by atoms with Gasteiger partial charge in [-0.1, -0.05) is 48.0 Å². The minimum Gasteiger partial charge on any atom is -0.300 e. The summed E-state index contributed by atoms with van der Waals surface area (Å²) in [6, 6.07) is 17.5. The van der Waals surface area contributed by atoms with Gasteiger partial charge in [0.15, 0.2) is 5.78 Å². The van der Waals surface area contributed by atoms with Crippen molar-refractivity contribution >= 4 is 40.9 Å². The van der Waals surface area contributed by atoms with Gasteiger partial charge >= 0.3 is 0 Å². The molecule has 4 rings (SSSR count). The first-order valence-corrected chi connectivity index (χ1v) is 10.6. The van der Waals surface area contributed by atoms with Gasteiger partial charge in [-0.3, -0.25) is 9.59 Å². The maximum atomic E-state index is 13.4. The Morgan fingerprint density at radius 3 is 2.23 bits per heavy atom. The lowest BCUT2D eigenvalue weighted by Crippen LogP contribution is -2.44. The number of thioether (sulfide) groups is 2. The number of amides is 1. The fraction of sp³-hybridized carbons (Fsp3) is 0.238. The van der Waals surface area contributed by atoms with Crippen molar-refractivity contribution in [1.29, 1.82) is 0 Å². The number of aryl methyl sites for hydroxylation is 1. The van der Waals surface area contributed by atoms with E-state index in [2.05, 4.69) is 0 Å². The van der Waals surface area contributed by atoms with Gasteiger partial charge < -0.3 is 4.90 Å². The second-order valence-electron chi connectivity index (χ2n) is 6.42. The third-order valence-electron chi connectivity index (χ3n) is 4.65. The number of carbonyl (C=O) groups excluding carboxylic acids is 2. The Labute approximate surface area is 161 Å². The topological polar surface area (TPSA) is 37.4 Å². The van der Waals surface area contributed by atoms with Gasteiger partial charge in [-0.25, -0.2) is 0 Å². The molecule has 0 aromatic heterocycles. The molecule has 26 heavy (non-hydrogen) atoms. The van der Waals surface area contributed by atoms with Crippen molar-refractivity contribution in [3.63, 3.8) is 0 Å². The van der Waals surface area contributed by atoms with Crippen molar-refractivity contribution in [1.82, 2.24) is 0 Å². The number of carbonyl (C=O) groups is 2. The first-order chi connectivity index (χ1) is 12.6. The number of hydrogen-bond donors (Lipinski definition) is 0. The van der Waals surface area contributed by atoms with E-state index >= 15 is 0 Å². The fourth-order valence-corrected chi connectivity index (χ4v) is 5.91. The van der Waals surface area contributed by atoms with E-state index in [1.54, 1.807) is 28.4 Å². The van der Waals surface area contributed by atoms with Crippen molar-refractivity contribution in [2.45, 2.75) is 19.4 Å². The summed E-state index contributed by atoms with van der Waals surface area (Å²) in [5.74, 6) is 1.70. The Kier molecular flexibility index (Phi) is 4.92. The van der Waals surface area contributed by atoms with E-state index in [-0.39, 0.29) is 17.7 Å². The van der Waals surface area contributed by atoms with Crippen molar-refractivity contribution in [3.05, 3.63) is 75.5 Å². The lowest BCUT2D eigenvalue weighted by atomic mass is 9.91. The number of nitrogens with zero attached hydrogens (tertiary/aromatic N) is 1. The van der Waals surface area contributed by atoms with Crippen LogP contribution >= 0.6 is 23.5 Å². The summed E-state index contributed by atoms with van der Waals surface area (Å²) in [4.78, 5) is 28.1. The van der Waals surface area contributed by atoms with Crippen LogP contribution in [0.1, 0.15) is 23.6 Å². The van der Waals surface area contributed by atoms with Crippen molar-refractivity contribution < 1.29 is 9.59 Å². The molecule has 2 heterocycles. The number of piperidine rings is 1. The molecule has 0 saturated carbocycles. The highest BCUT2D eigenvalue weighted by Gasteiger charge is 2.41. The van der Waals surface area contributed by atoms with E-state index < -0.39 is 0 Å². The summed E-state index contributed by atoms with van der Waals surface area (Å²) in [5.41, 5.74) is 3.36. The van der Waals surface area contributed by atoms with Crippen LogP contribution in [0.3, 0.4) is 0 Å². The predicted octanol–water partition coefficient (Wildman–Crippen LogP) is 4.73. The molecule has 0 radical (unpaired) electrons. The van der Waals surface area contributed by atoms with E-state index in [4.69, 9.17) is 0 Å². The summed E-state index contributed by atoms with van der Waals surface area (Å²) >= 11 is 3.25. The molecule has 1 amide bonds. The van der Waals surface area contributed by atoms with E-state index in [9.17, 15) is 9.59 Å². The average molecular weight is 382 g/mol. The quantitative estimate of drug-likeness (QED) is 0.556. The van der Waals surface area contributed by atoms with Crippen LogP contribution < -0.4 is 4.90 Å². The summed E-state index contributed by atoms with van der Waals surface area (Å²) in [6.45, 7) is 2.03. The number of hydrogen-bond acceptors (Lipinski definition) is 4. The molecule has 3 nitrogen and oxygen atoms in total. The molecular weight excluding hydrogens is 362 g/mol. The number of Topliss-reactive ketones (excluding diaryl/α,β-unsaturated/α-hetero) is 1. The highest BCUT2D eigenvalue weighted by atomic mass is 32.2. The van der Waals surface area contributed by atoms with Gasteiger partial charge in [0.05, 0.1) is 10.3 Å². The zero-order chi connectivity index (χ0) is 18.1. The lowest BCUT2D eigenvalue weighted by Gasteiger charge is -2.36. The van der Waals surface area contributed by atoms with Gasteiger partial charge in [-0.15, -0.1) is 23.5 Å². The first kappa shape index (κ1) is 17.4. The molecule has 1 unspecified atom stereocenters. The molecule has 2 aromatic rings. The van der Waals surface area contributed by atoms with Gasteiger partial charge in [0, 0.05) is 23.6 Å². The first-order valence-electron chi connectivity index (χ1n) is 8.63. The molecule has 132 valence electrons. The Bertz CT molecular complexity index is 867. The lowest BCUT2D eigenvalue weighted by molar-refractivity contribution is -0.124. The third-order valence-corrected chi connectivity index (χ3v) is 7.37. The molecule has 0 spiro atoms. The summed E-state index contributed by atoms with van der Waals surface area (Å²) in [5, 5.41) is 0. The Morgan fingerprint density at radius 2 is 1.58 bits per heavy atom. The second-order valence-corrected chi connectivity index (χ2v) is 8.89. The minimum atomic E-state index is -0.264. The van der Waals surface area contributed by atoms with Gasteiger partial charge in [0.25, 0.3) is 5.91 Å². The largest absolute Gasteiger partial charge is 0.300 e. The van der Waals surface area contributed by atoms with Gasteiger partial charge in [0.1, 0.15) is 5.57 Å². The van der Waals surface area contributed by atoms with Crippen LogP contribution in [0.25, 0.3) is 0 Å². The average Bonchev–Trinajstić information content (AvgIpc) is 3.17. The highest BCUT2D eigenvalue weighted by Crippen LogP contribution is 2.44. The molecular formula is C21H19NO2S2. The van der Waals surface area contributed by atoms with Crippen LogP contribution in [0.5, 0.6) is 0 Å². The molecule has 2 saturated heterocycles. The van der Waals surface area contributed by atoms with Crippen LogP contribution in [0.15, 0.2) is 64.4 Å². The molecule has 0 N–H and O–H groups in total. The van der Waals surface area contributed by atoms with Crippen LogP contribution in [0.2, 0.25) is 0 Å². The monoisotopic (exact) mass is 381 g/mol. The summed E-state index contributed by atoms with van der Waals surface area (Å²) in [6.07, 6.45) is 0.323. The van der Waals surface area contributed by atoms with Gasteiger partial charge in [-0.2, -0.15) is 0 Å². The normalized spacial score (nSPS) is 20.8. The van der Waals surface area contributed by atoms with Crippen LogP contribution in [-0.4, -0.2) is 23.2 Å². The third kappa shape index (κ3) is 3.21. The molecule has 2 aliphatic heterocycles. The molecule has 0 aliphatic carbocycles. The zero-order valence-corrected chi connectivity index (χ0v) is 16.1. The fourth-order valence-electron chi connectivity index (χ4n) is 3.35. The standard InChI is InChI=1S/C21H19NO2S2/c1-14-7-9-16(10-8-14)22-17(15-5-3-2-4-6-15)13-18(23)19(20(22)24)21-25-11-12-26-21/h2-10,17H,11-13H2,1H3. The van der Waals surface area contributed by atoms with E-state index in [1.807, 2.05) is 61.5 Å². The minimum absolute atomic E-state index is 0.0379. The van der Waals surface area contributed by atoms with Crippen LogP contribution in [0.4, 0.5) is 5.69 Å². The number of benzene rings is 2. The van der Waals surface area contributed by atoms with Gasteiger partial charge in [-0.05, 0) is 24.6 Å². The summed E-state index contributed by atoms with van der Waals surface area (Å²) < 4.78 is 0.892. The highest BCUT2D eigenvalue weighted by molar-refractivity contribution is 8.25. The molecule has 2 aliphatic rings. The summed E-state index contributed by atoms with van der Waals surface area (Å²) in [7, 11) is 0. The van der Waals surface area contributed by atoms with Gasteiger partial charge in [0.2, 0.25) is 0 Å². The smallest absolute Gasteiger partial charge is 0.264 e. The van der Waals surface area contributed by atoms with Crippen molar-refractivity contribution in [2.24, 2.45) is 0 Å². The van der Waals surface area contributed by atoms with Crippen molar-refractivity contribution in [2.75, 3.05) is 16.4 Å². The Morgan fingerprint density at radius 1 is 0.923 bits per heavy atom. The number of ketones is 1. The predicted molar refractivity (Wildman–Crippen MR) is 109 cm³/mol. The van der Waals surface area contributed by atoms with Crippen molar-refractivity contribution in [3.8, 4) is 0 Å². The molecule has 5 heteroatoms. The molecule has 2 aromatic carbocycles. The maximum Gasteiger partial charge on any atom is 0.264 e. The van der Waals surface area contributed by atoms with E-state index in [0.717, 1.165) is 32.6 Å². The van der Waals surface area contributed by atoms with Crippen LogP contribution in [-0.2, 0) is 9.59 Å². The second kappa shape index (κ2) is 7.33. The number of rotatable bonds is 2. The molecule has 0 bridgehead atoms. The maximum absolute atomic E-state index is 13.4. The zero-order valence-electron chi connectivity index (χ0n) is 14.5. The van der Waals surface area contributed by atoms with E-state index in [1.165, 1.54) is 0 Å². The van der Waals surface area contributed by atoms with Crippen LogP contribution in [0, 0.1) is 6.92 Å². The number of anilines is 1. The SMILES string of the molecule is Cc1ccc(N2C(=O)C(=C3SCCS3)C(=O)CC2c2ccccc2)cc1. The Hall–Kier alpha value is -1.98. The molecule has 1 atom stereocenters. The Balaban J connectivity index is 1.82. The molecule has 2 fully saturated rings. The van der Waals surface area contributed by atoms with E-state index in [0.29, 0.717) is 12.0 Å².